The molecule has 0 rings (SSSR count). The van der Waals surface area contributed by atoms with Crippen LogP contribution in [0.5, 0.6) is 0 Å². The van der Waals surface area contributed by atoms with Gasteiger partial charge in [-0.3, -0.25) is 4.79 Å². The zero-order valence-electron chi connectivity index (χ0n) is 15.8. The van der Waals surface area contributed by atoms with Gasteiger partial charge in [0.25, 0.3) is 6.92 Å². The lowest BCUT2D eigenvalue weighted by atomic mass is 9.50. The van der Waals surface area contributed by atoms with Crippen molar-refractivity contribution < 1.29 is 14.6 Å². The van der Waals surface area contributed by atoms with E-state index in [0.29, 0.717) is 0 Å². The van der Waals surface area contributed by atoms with Crippen LogP contribution in [0.1, 0.15) is 69.2 Å². The van der Waals surface area contributed by atoms with Crippen LogP contribution in [-0.4, -0.2) is 30.4 Å². The molecule has 0 atom stereocenters. The topological polar surface area (TPSA) is 46.5 Å². The summed E-state index contributed by atoms with van der Waals surface area (Å²) in [5.41, 5.74) is -0.0972. The summed E-state index contributed by atoms with van der Waals surface area (Å²) in [6, 6.07) is 0. The third-order valence-corrected chi connectivity index (χ3v) is 2.92. The number of ether oxygens (including phenoxy) is 1. The lowest BCUT2D eigenvalue weighted by Gasteiger charge is -2.17. The highest BCUT2D eigenvalue weighted by molar-refractivity contribution is 6.52. The van der Waals surface area contributed by atoms with Crippen LogP contribution in [-0.2, 0) is 9.53 Å². The first-order valence-electron chi connectivity index (χ1n) is 7.19. The van der Waals surface area contributed by atoms with Crippen molar-refractivity contribution >= 4 is 12.7 Å². The Balaban J connectivity index is -0.000000218. The summed E-state index contributed by atoms with van der Waals surface area (Å²) in [4.78, 5) is 10.5. The number of Topliss-reactive ketones (excluding diaryl/α,β-unsaturated/α-hetero) is 1. The molecule has 0 radical (unpaired) electrons. The molecule has 0 aromatic rings. The minimum atomic E-state index is -0.201. The summed E-state index contributed by atoms with van der Waals surface area (Å²) in [6.45, 7) is 21.0. The largest absolute Gasteiger partial charge is 0.450 e. The number of carbonyl (C=O) groups excluding carboxylic acids is 1. The molecule has 0 saturated carbocycles. The number of methoxy groups -OCH3 is 1. The average molecular weight is 288 g/mol. The van der Waals surface area contributed by atoms with E-state index in [0.717, 1.165) is 0 Å². The van der Waals surface area contributed by atoms with Crippen LogP contribution in [0.25, 0.3) is 0 Å². The van der Waals surface area contributed by atoms with Crippen LogP contribution in [0.3, 0.4) is 0 Å². The van der Waals surface area contributed by atoms with Crippen LogP contribution >= 0.6 is 0 Å². The van der Waals surface area contributed by atoms with E-state index >= 15 is 0 Å². The van der Waals surface area contributed by atoms with Crippen molar-refractivity contribution in [3.05, 3.63) is 0 Å². The van der Waals surface area contributed by atoms with Crippen molar-refractivity contribution in [3.8, 4) is 0 Å². The van der Waals surface area contributed by atoms with Gasteiger partial charge in [-0.05, 0) is 33.0 Å². The Bertz CT molecular complexity index is 252. The predicted molar refractivity (Wildman–Crippen MR) is 90.4 cm³/mol. The van der Waals surface area contributed by atoms with Crippen molar-refractivity contribution in [3.63, 3.8) is 0 Å². The molecule has 0 fully saturated rings. The van der Waals surface area contributed by atoms with E-state index in [4.69, 9.17) is 9.76 Å². The minimum Gasteiger partial charge on any atom is -0.450 e. The number of hydrogen-bond acceptors (Lipinski definition) is 3. The molecule has 0 spiro atoms. The van der Waals surface area contributed by atoms with Gasteiger partial charge in [-0.25, -0.2) is 0 Å². The lowest BCUT2D eigenvalue weighted by molar-refractivity contribution is -0.124. The normalized spacial score (nSPS) is 11.7. The van der Waals surface area contributed by atoms with E-state index in [-0.39, 0.29) is 29.0 Å². The Kier molecular flexibility index (Phi) is 11.8. The van der Waals surface area contributed by atoms with E-state index in [1.165, 1.54) is 0 Å². The number of carbonyl (C=O) groups is 1. The standard InChI is InChI=1S/C6H12O.C5H13BO.C5H12O/c1-5(7)6(2,3)4;1-5(2,3)6(4)7;1-5(2,3)6-4/h1-4H3;7H,1-4H3;1-4H3. The van der Waals surface area contributed by atoms with Crippen molar-refractivity contribution in [1.29, 1.82) is 0 Å². The van der Waals surface area contributed by atoms with Crippen LogP contribution in [0, 0.1) is 5.41 Å². The molecule has 4 heteroatoms. The van der Waals surface area contributed by atoms with E-state index in [1.807, 2.05) is 62.3 Å². The molecule has 122 valence electrons. The molecule has 0 saturated heterocycles. The van der Waals surface area contributed by atoms with Gasteiger partial charge in [-0.15, -0.1) is 0 Å². The van der Waals surface area contributed by atoms with Gasteiger partial charge in [0, 0.05) is 12.5 Å². The minimum absolute atomic E-state index is 0.0417. The quantitative estimate of drug-likeness (QED) is 0.670. The van der Waals surface area contributed by atoms with E-state index in [1.54, 1.807) is 20.9 Å². The van der Waals surface area contributed by atoms with Gasteiger partial charge >= 0.3 is 0 Å². The first kappa shape index (κ1) is 24.7. The Labute approximate surface area is 127 Å². The second kappa shape index (κ2) is 9.57. The molecule has 0 aromatic heterocycles. The Hall–Kier alpha value is -0.345. The molecule has 0 aliphatic rings. The maximum absolute atomic E-state index is 10.5. The number of ketones is 1. The van der Waals surface area contributed by atoms with Gasteiger partial charge in [0.05, 0.1) is 5.60 Å². The third-order valence-electron chi connectivity index (χ3n) is 2.92. The maximum atomic E-state index is 10.5. The Morgan fingerprint density at radius 3 is 1.10 bits per heavy atom. The van der Waals surface area contributed by atoms with Gasteiger partial charge in [-0.1, -0.05) is 48.4 Å². The highest BCUT2D eigenvalue weighted by Crippen LogP contribution is 2.24. The van der Waals surface area contributed by atoms with Gasteiger partial charge in [0.1, 0.15) is 5.78 Å². The molecule has 0 heterocycles. The number of hydrogen-bond donors (Lipinski definition) is 1. The van der Waals surface area contributed by atoms with Crippen LogP contribution < -0.4 is 0 Å². The lowest BCUT2D eigenvalue weighted by Crippen LogP contribution is -2.20. The molecular formula is C16H37BO3. The highest BCUT2D eigenvalue weighted by Gasteiger charge is 2.21. The monoisotopic (exact) mass is 288 g/mol. The summed E-state index contributed by atoms with van der Waals surface area (Å²) in [5.74, 6) is 0.243. The molecule has 1 N–H and O–H groups in total. The van der Waals surface area contributed by atoms with E-state index in [2.05, 4.69) is 0 Å². The molecule has 20 heavy (non-hydrogen) atoms. The van der Waals surface area contributed by atoms with Crippen LogP contribution in [0.15, 0.2) is 0 Å². The van der Waals surface area contributed by atoms with E-state index in [9.17, 15) is 4.79 Å². The third kappa shape index (κ3) is 22.8. The van der Waals surface area contributed by atoms with Gasteiger partial charge in [0.2, 0.25) is 0 Å². The molecular weight excluding hydrogens is 251 g/mol. The predicted octanol–water partition coefficient (Wildman–Crippen LogP) is 4.45. The summed E-state index contributed by atoms with van der Waals surface area (Å²) in [5, 5.41) is 8.94. The molecule has 0 aliphatic heterocycles. The van der Waals surface area contributed by atoms with Gasteiger partial charge in [-0.2, -0.15) is 0 Å². The van der Waals surface area contributed by atoms with Crippen LogP contribution in [0.4, 0.5) is 0 Å². The van der Waals surface area contributed by atoms with Crippen molar-refractivity contribution in [2.24, 2.45) is 5.41 Å². The maximum Gasteiger partial charge on any atom is 0.291 e. The molecule has 3 nitrogen and oxygen atoms in total. The molecule has 0 bridgehead atoms. The second-order valence-corrected chi connectivity index (χ2v) is 8.16. The summed E-state index contributed by atoms with van der Waals surface area (Å²) in [7, 11) is 1.71. The van der Waals surface area contributed by atoms with Crippen LogP contribution in [0.2, 0.25) is 12.1 Å². The van der Waals surface area contributed by atoms with Gasteiger partial charge < -0.3 is 9.76 Å². The summed E-state index contributed by atoms with van der Waals surface area (Å²) >= 11 is 0. The average Bonchev–Trinajstić information content (AvgIpc) is 2.15. The van der Waals surface area contributed by atoms with Crippen molar-refractivity contribution in [2.75, 3.05) is 7.11 Å². The molecule has 0 aromatic carbocycles. The second-order valence-electron chi connectivity index (χ2n) is 8.16. The Morgan fingerprint density at radius 2 is 1.10 bits per heavy atom. The smallest absolute Gasteiger partial charge is 0.291 e. The fraction of sp³-hybridized carbons (Fsp3) is 0.938. The zero-order valence-corrected chi connectivity index (χ0v) is 15.8. The highest BCUT2D eigenvalue weighted by atomic mass is 16.5. The number of rotatable bonds is 0. The fourth-order valence-corrected chi connectivity index (χ4v) is 0. The molecule has 0 aliphatic carbocycles. The van der Waals surface area contributed by atoms with Crippen molar-refractivity contribution in [2.45, 2.75) is 87.0 Å². The van der Waals surface area contributed by atoms with Gasteiger partial charge in [0.15, 0.2) is 0 Å². The fourth-order valence-electron chi connectivity index (χ4n) is 0. The first-order valence-corrected chi connectivity index (χ1v) is 7.19. The SMILES string of the molecule is CB(O)C(C)(C)C.CC(=O)C(C)(C)C.COC(C)(C)C. The Morgan fingerprint density at radius 1 is 0.950 bits per heavy atom. The first-order chi connectivity index (χ1) is 8.45. The summed E-state index contributed by atoms with van der Waals surface area (Å²) < 4.78 is 4.94. The van der Waals surface area contributed by atoms with E-state index < -0.39 is 0 Å². The van der Waals surface area contributed by atoms with Crippen molar-refractivity contribution in [1.82, 2.24) is 0 Å². The molecule has 0 amide bonds. The summed E-state index contributed by atoms with van der Waals surface area (Å²) in [6.07, 6.45) is 0. The zero-order chi connectivity index (χ0) is 17.4. The molecule has 0 unspecified atom stereocenters.